The van der Waals surface area contributed by atoms with Gasteiger partial charge < -0.3 is 5.73 Å². The highest BCUT2D eigenvalue weighted by Crippen LogP contribution is 2.33. The van der Waals surface area contributed by atoms with Gasteiger partial charge in [-0.05, 0) is 19.1 Å². The smallest absolute Gasteiger partial charge is 0.396 e. The van der Waals surface area contributed by atoms with Gasteiger partial charge in [-0.25, -0.2) is 4.68 Å². The first-order valence-electron chi connectivity index (χ1n) is 4.88. The highest BCUT2D eigenvalue weighted by Gasteiger charge is 2.33. The number of para-hydroxylation sites is 1. The Labute approximate surface area is 95.7 Å². The summed E-state index contributed by atoms with van der Waals surface area (Å²) in [6, 6.07) is 5.24. The number of nitrogens with zero attached hydrogens (tertiary/aromatic N) is 2. The van der Waals surface area contributed by atoms with Crippen LogP contribution < -0.4 is 5.73 Å². The summed E-state index contributed by atoms with van der Waals surface area (Å²) < 4.78 is 39.5. The molecule has 2 rings (SSSR count). The maximum absolute atomic E-state index is 12.8. The van der Waals surface area contributed by atoms with Crippen LogP contribution in [0.3, 0.4) is 0 Å². The van der Waals surface area contributed by atoms with Gasteiger partial charge in [0.25, 0.3) is 0 Å². The molecule has 0 spiro atoms. The van der Waals surface area contributed by atoms with Gasteiger partial charge in [0.1, 0.15) is 0 Å². The number of hydrogen-bond donors (Lipinski definition) is 1. The van der Waals surface area contributed by atoms with Gasteiger partial charge in [-0.2, -0.15) is 18.3 Å². The summed E-state index contributed by atoms with van der Waals surface area (Å²) in [6.07, 6.45) is -3.04. The number of aryl methyl sites for hydroxylation is 1. The molecule has 0 aliphatic carbocycles. The summed E-state index contributed by atoms with van der Waals surface area (Å²) in [7, 11) is 0. The number of rotatable bonds is 1. The molecule has 0 unspecified atom stereocenters. The predicted octanol–water partition coefficient (Wildman–Crippen LogP) is 2.78. The fourth-order valence-electron chi connectivity index (χ4n) is 1.51. The van der Waals surface area contributed by atoms with Crippen molar-refractivity contribution in [2.45, 2.75) is 13.1 Å². The lowest BCUT2D eigenvalue weighted by Crippen LogP contribution is -2.10. The Bertz CT molecular complexity index is 524. The van der Waals surface area contributed by atoms with E-state index in [0.717, 1.165) is 10.7 Å². The zero-order valence-electron chi connectivity index (χ0n) is 8.99. The number of benzene rings is 1. The van der Waals surface area contributed by atoms with Gasteiger partial charge in [0.2, 0.25) is 0 Å². The van der Waals surface area contributed by atoms with E-state index in [1.807, 2.05) is 0 Å². The third kappa shape index (κ3) is 2.11. The molecule has 1 aromatic heterocycles. The van der Waals surface area contributed by atoms with Gasteiger partial charge in [-0.1, -0.05) is 12.1 Å². The lowest BCUT2D eigenvalue weighted by atomic mass is 10.2. The monoisotopic (exact) mass is 241 g/mol. The van der Waals surface area contributed by atoms with Crippen LogP contribution in [0, 0.1) is 6.92 Å². The number of halogens is 3. The molecule has 0 saturated heterocycles. The Hall–Kier alpha value is -1.98. The van der Waals surface area contributed by atoms with Crippen LogP contribution in [0.15, 0.2) is 30.5 Å². The van der Waals surface area contributed by atoms with Crippen molar-refractivity contribution in [2.75, 3.05) is 5.73 Å². The molecule has 2 aromatic rings. The van der Waals surface area contributed by atoms with Crippen LogP contribution >= 0.6 is 0 Å². The molecule has 0 bridgehead atoms. The van der Waals surface area contributed by atoms with Crippen LogP contribution in [-0.2, 0) is 6.18 Å². The van der Waals surface area contributed by atoms with Crippen molar-refractivity contribution in [3.63, 3.8) is 0 Å². The van der Waals surface area contributed by atoms with Crippen molar-refractivity contribution in [3.05, 3.63) is 41.7 Å². The van der Waals surface area contributed by atoms with Crippen molar-refractivity contribution < 1.29 is 13.2 Å². The normalized spacial score (nSPS) is 11.8. The molecule has 17 heavy (non-hydrogen) atoms. The second-order valence-electron chi connectivity index (χ2n) is 3.63. The summed E-state index contributed by atoms with van der Waals surface area (Å²) in [5, 5.41) is 3.95. The zero-order chi connectivity index (χ0) is 12.6. The minimum atomic E-state index is -4.41. The van der Waals surface area contributed by atoms with Crippen LogP contribution in [0.2, 0.25) is 0 Å². The fourth-order valence-corrected chi connectivity index (χ4v) is 1.51. The van der Waals surface area contributed by atoms with Crippen LogP contribution in [0.1, 0.15) is 11.3 Å². The van der Waals surface area contributed by atoms with E-state index in [4.69, 9.17) is 5.73 Å². The molecule has 3 nitrogen and oxygen atoms in total. The summed E-state index contributed by atoms with van der Waals surface area (Å²) >= 11 is 0. The summed E-state index contributed by atoms with van der Waals surface area (Å²) in [4.78, 5) is 0. The molecule has 1 heterocycles. The molecule has 0 atom stereocenters. The van der Waals surface area contributed by atoms with Gasteiger partial charge in [0, 0.05) is 0 Å². The molecule has 0 fully saturated rings. The fraction of sp³-hybridized carbons (Fsp3) is 0.182. The predicted molar refractivity (Wildman–Crippen MR) is 57.7 cm³/mol. The zero-order valence-corrected chi connectivity index (χ0v) is 8.99. The Morgan fingerprint density at radius 3 is 2.41 bits per heavy atom. The molecule has 6 heteroatoms. The largest absolute Gasteiger partial charge is 0.418 e. The standard InChI is InChI=1S/C11H10F3N3/c1-7-9(15)6-17(16-7)10-5-3-2-4-8(10)11(12,13)14/h2-6H,15H2,1H3. The first-order chi connectivity index (χ1) is 7.89. The highest BCUT2D eigenvalue weighted by atomic mass is 19.4. The van der Waals surface area contributed by atoms with E-state index in [1.165, 1.54) is 24.4 Å². The molecule has 0 radical (unpaired) electrons. The summed E-state index contributed by atoms with van der Waals surface area (Å²) in [6.45, 7) is 1.64. The van der Waals surface area contributed by atoms with E-state index in [2.05, 4.69) is 5.10 Å². The maximum atomic E-state index is 12.8. The molecule has 0 aliphatic rings. The minimum absolute atomic E-state index is 0.0280. The van der Waals surface area contributed by atoms with Gasteiger partial charge >= 0.3 is 6.18 Å². The third-order valence-electron chi connectivity index (χ3n) is 2.39. The number of hydrogen-bond acceptors (Lipinski definition) is 2. The van der Waals surface area contributed by atoms with E-state index < -0.39 is 11.7 Å². The van der Waals surface area contributed by atoms with Gasteiger partial charge in [-0.3, -0.25) is 0 Å². The van der Waals surface area contributed by atoms with E-state index in [0.29, 0.717) is 11.4 Å². The van der Waals surface area contributed by atoms with Crippen LogP contribution in [0.4, 0.5) is 18.9 Å². The van der Waals surface area contributed by atoms with Crippen molar-refractivity contribution in [2.24, 2.45) is 0 Å². The Morgan fingerprint density at radius 2 is 1.88 bits per heavy atom. The molecule has 0 aliphatic heterocycles. The average molecular weight is 241 g/mol. The number of alkyl halides is 3. The van der Waals surface area contributed by atoms with Crippen molar-refractivity contribution >= 4 is 5.69 Å². The topological polar surface area (TPSA) is 43.8 Å². The maximum Gasteiger partial charge on any atom is 0.418 e. The Kier molecular flexibility index (Phi) is 2.57. The van der Waals surface area contributed by atoms with Crippen LogP contribution in [0.5, 0.6) is 0 Å². The van der Waals surface area contributed by atoms with E-state index in [-0.39, 0.29) is 5.69 Å². The van der Waals surface area contributed by atoms with Crippen LogP contribution in [-0.4, -0.2) is 9.78 Å². The van der Waals surface area contributed by atoms with Gasteiger partial charge in [0.05, 0.1) is 28.8 Å². The van der Waals surface area contributed by atoms with Crippen molar-refractivity contribution in [3.8, 4) is 5.69 Å². The van der Waals surface area contributed by atoms with Crippen molar-refractivity contribution in [1.29, 1.82) is 0 Å². The quantitative estimate of drug-likeness (QED) is 0.834. The third-order valence-corrected chi connectivity index (χ3v) is 2.39. The first-order valence-corrected chi connectivity index (χ1v) is 4.88. The number of aromatic nitrogens is 2. The van der Waals surface area contributed by atoms with E-state index in [9.17, 15) is 13.2 Å². The lowest BCUT2D eigenvalue weighted by Gasteiger charge is -2.12. The molecule has 2 N–H and O–H groups in total. The van der Waals surface area contributed by atoms with E-state index >= 15 is 0 Å². The summed E-state index contributed by atoms with van der Waals surface area (Å²) in [5.74, 6) is 0. The molecule has 90 valence electrons. The minimum Gasteiger partial charge on any atom is -0.396 e. The van der Waals surface area contributed by atoms with E-state index in [1.54, 1.807) is 6.92 Å². The van der Waals surface area contributed by atoms with Crippen molar-refractivity contribution in [1.82, 2.24) is 9.78 Å². The Balaban J connectivity index is 2.60. The molecule has 1 aromatic carbocycles. The second kappa shape index (κ2) is 3.80. The number of nitrogen functional groups attached to an aromatic ring is 1. The summed E-state index contributed by atoms with van der Waals surface area (Å²) in [5.41, 5.74) is 5.68. The number of anilines is 1. The molecule has 0 saturated carbocycles. The number of nitrogens with two attached hydrogens (primary N) is 1. The lowest BCUT2D eigenvalue weighted by molar-refractivity contribution is -0.137. The highest BCUT2D eigenvalue weighted by molar-refractivity contribution is 5.47. The van der Waals surface area contributed by atoms with Gasteiger partial charge in [-0.15, -0.1) is 0 Å². The average Bonchev–Trinajstić information content (AvgIpc) is 2.58. The molecular formula is C11H10F3N3. The van der Waals surface area contributed by atoms with Gasteiger partial charge in [0.15, 0.2) is 0 Å². The molecular weight excluding hydrogens is 231 g/mol. The first kappa shape index (κ1) is 11.5. The Morgan fingerprint density at radius 1 is 1.24 bits per heavy atom. The second-order valence-corrected chi connectivity index (χ2v) is 3.63. The van der Waals surface area contributed by atoms with Crippen LogP contribution in [0.25, 0.3) is 5.69 Å². The SMILES string of the molecule is Cc1nn(-c2ccccc2C(F)(F)F)cc1N. The molecule has 0 amide bonds.